The Bertz CT molecular complexity index is 999. The van der Waals surface area contributed by atoms with E-state index in [0.717, 1.165) is 10.9 Å². The van der Waals surface area contributed by atoms with Gasteiger partial charge in [0.15, 0.2) is 5.69 Å². The van der Waals surface area contributed by atoms with Crippen LogP contribution in [0.25, 0.3) is 5.69 Å². The summed E-state index contributed by atoms with van der Waals surface area (Å²) in [5.41, 5.74) is -1.59. The van der Waals surface area contributed by atoms with Crippen LogP contribution < -0.4 is 5.32 Å². The maximum absolute atomic E-state index is 13.4. The van der Waals surface area contributed by atoms with Gasteiger partial charge in [0.2, 0.25) is 5.91 Å². The normalized spacial score (nSPS) is 15.3. The minimum atomic E-state index is -4.83. The summed E-state index contributed by atoms with van der Waals surface area (Å²) in [5, 5.41) is 5.90. The number of hydrogen-bond acceptors (Lipinski definition) is 4. The molecule has 1 saturated heterocycles. The molecule has 1 aliphatic rings. The summed E-state index contributed by atoms with van der Waals surface area (Å²) in [6, 6.07) is 8.03. The Morgan fingerprint density at radius 2 is 1.71 bits per heavy atom. The third-order valence-electron chi connectivity index (χ3n) is 5.38. The van der Waals surface area contributed by atoms with Crippen molar-refractivity contribution < 1.29 is 40.7 Å². The third kappa shape index (κ3) is 7.70. The molecule has 1 aliphatic heterocycles. The molecule has 0 unspecified atom stereocenters. The topological polar surface area (TPSA) is 76.5 Å². The molecule has 1 N–H and O–H groups in total. The van der Waals surface area contributed by atoms with E-state index in [-0.39, 0.29) is 51.2 Å². The quantitative estimate of drug-likeness (QED) is 0.434. The number of nitrogens with one attached hydrogen (secondary N) is 1. The molecular formula is C22H24F6N4O3. The van der Waals surface area contributed by atoms with Gasteiger partial charge in [-0.05, 0) is 31.4 Å². The Morgan fingerprint density at radius 1 is 1.06 bits per heavy atom. The van der Waals surface area contributed by atoms with E-state index in [2.05, 4.69) is 10.4 Å². The molecule has 0 spiro atoms. The van der Waals surface area contributed by atoms with Crippen LogP contribution in [0.15, 0.2) is 36.5 Å². The maximum atomic E-state index is 13.4. The molecule has 2 heterocycles. The Morgan fingerprint density at radius 3 is 2.31 bits per heavy atom. The number of amides is 2. The zero-order valence-corrected chi connectivity index (χ0v) is 18.5. The molecule has 35 heavy (non-hydrogen) atoms. The summed E-state index contributed by atoms with van der Waals surface area (Å²) in [5.74, 6) is -1.21. The van der Waals surface area contributed by atoms with Gasteiger partial charge < -0.3 is 15.0 Å². The first-order chi connectivity index (χ1) is 16.4. The molecule has 192 valence electrons. The van der Waals surface area contributed by atoms with Crippen molar-refractivity contribution in [1.82, 2.24) is 20.0 Å². The standard InChI is InChI=1S/C22H24F6N4O3/c23-21(24,25)14-35-16-8-11-31(12-9-16)18(33)7-4-10-29-20(34)17-13-32(15-5-2-1-3-6-15)30-19(17)22(26,27)28/h1-3,5-6,13,16H,4,7-12,14H2,(H,29,34). The summed E-state index contributed by atoms with van der Waals surface area (Å²) in [6.07, 6.45) is -8.03. The van der Waals surface area contributed by atoms with Crippen molar-refractivity contribution in [2.45, 2.75) is 44.1 Å². The van der Waals surface area contributed by atoms with Crippen molar-refractivity contribution in [3.05, 3.63) is 47.8 Å². The van der Waals surface area contributed by atoms with E-state index < -0.39 is 42.2 Å². The van der Waals surface area contributed by atoms with Crippen LogP contribution >= 0.6 is 0 Å². The van der Waals surface area contributed by atoms with Gasteiger partial charge in [-0.3, -0.25) is 9.59 Å². The number of nitrogens with zero attached hydrogens (tertiary/aromatic N) is 3. The van der Waals surface area contributed by atoms with Gasteiger partial charge in [-0.2, -0.15) is 31.4 Å². The smallest absolute Gasteiger partial charge is 0.369 e. The van der Waals surface area contributed by atoms with Crippen molar-refractivity contribution in [1.29, 1.82) is 0 Å². The molecular weight excluding hydrogens is 482 g/mol. The molecule has 0 bridgehead atoms. The number of halogens is 6. The van der Waals surface area contributed by atoms with Gasteiger partial charge in [0.1, 0.15) is 6.61 Å². The first-order valence-corrected chi connectivity index (χ1v) is 10.9. The van der Waals surface area contributed by atoms with E-state index in [0.29, 0.717) is 5.69 Å². The average Bonchev–Trinajstić information content (AvgIpc) is 3.27. The molecule has 1 aromatic carbocycles. The number of alkyl halides is 6. The minimum Gasteiger partial charge on any atom is -0.369 e. The molecule has 0 aliphatic carbocycles. The molecule has 7 nitrogen and oxygen atoms in total. The lowest BCUT2D eigenvalue weighted by atomic mass is 10.1. The number of hydrogen-bond donors (Lipinski definition) is 1. The zero-order valence-electron chi connectivity index (χ0n) is 18.5. The Hall–Kier alpha value is -3.09. The lowest BCUT2D eigenvalue weighted by molar-refractivity contribution is -0.189. The number of aromatic nitrogens is 2. The summed E-state index contributed by atoms with van der Waals surface area (Å²) < 4.78 is 82.7. The molecule has 1 aromatic heterocycles. The molecule has 2 aromatic rings. The number of carbonyl (C=O) groups is 2. The monoisotopic (exact) mass is 506 g/mol. The number of ether oxygens (including phenoxy) is 1. The molecule has 0 saturated carbocycles. The average molecular weight is 506 g/mol. The summed E-state index contributed by atoms with van der Waals surface area (Å²) in [7, 11) is 0. The highest BCUT2D eigenvalue weighted by Gasteiger charge is 2.39. The predicted molar refractivity (Wildman–Crippen MR) is 112 cm³/mol. The van der Waals surface area contributed by atoms with E-state index in [9.17, 15) is 35.9 Å². The van der Waals surface area contributed by atoms with Gasteiger partial charge in [0.25, 0.3) is 5.91 Å². The van der Waals surface area contributed by atoms with Crippen LogP contribution in [0.3, 0.4) is 0 Å². The predicted octanol–water partition coefficient (Wildman–Crippen LogP) is 3.97. The molecule has 3 rings (SSSR count). The molecule has 0 radical (unpaired) electrons. The highest BCUT2D eigenvalue weighted by Crippen LogP contribution is 2.31. The van der Waals surface area contributed by atoms with Gasteiger partial charge >= 0.3 is 12.4 Å². The van der Waals surface area contributed by atoms with Crippen LogP contribution in [-0.4, -0.2) is 65.0 Å². The second-order valence-electron chi connectivity index (χ2n) is 8.04. The van der Waals surface area contributed by atoms with E-state index in [1.54, 1.807) is 30.3 Å². The third-order valence-corrected chi connectivity index (χ3v) is 5.38. The SMILES string of the molecule is O=C(NCCCC(=O)N1CCC(OCC(F)(F)F)CC1)c1cn(-c2ccccc2)nc1C(F)(F)F. The number of rotatable bonds is 8. The second kappa shape index (κ2) is 11.1. The first kappa shape index (κ1) is 26.5. The highest BCUT2D eigenvalue weighted by atomic mass is 19.4. The van der Waals surface area contributed by atoms with Gasteiger partial charge in [-0.1, -0.05) is 18.2 Å². The fourth-order valence-electron chi connectivity index (χ4n) is 3.64. The van der Waals surface area contributed by atoms with Gasteiger partial charge in [0, 0.05) is 32.3 Å². The molecule has 1 fully saturated rings. The van der Waals surface area contributed by atoms with Gasteiger partial charge in [0.05, 0.1) is 17.4 Å². The fraction of sp³-hybridized carbons (Fsp3) is 0.500. The molecule has 0 atom stereocenters. The highest BCUT2D eigenvalue weighted by molar-refractivity contribution is 5.95. The van der Waals surface area contributed by atoms with Crippen molar-refractivity contribution >= 4 is 11.8 Å². The lowest BCUT2D eigenvalue weighted by Crippen LogP contribution is -2.41. The summed E-state index contributed by atoms with van der Waals surface area (Å²) in [4.78, 5) is 26.2. The Kier molecular flexibility index (Phi) is 8.41. The van der Waals surface area contributed by atoms with Crippen molar-refractivity contribution in [3.63, 3.8) is 0 Å². The Balaban J connectivity index is 1.47. The van der Waals surface area contributed by atoms with Gasteiger partial charge in [-0.25, -0.2) is 4.68 Å². The van der Waals surface area contributed by atoms with Gasteiger partial charge in [-0.15, -0.1) is 0 Å². The van der Waals surface area contributed by atoms with E-state index in [4.69, 9.17) is 4.74 Å². The molecule has 2 amide bonds. The number of piperidine rings is 1. The fourth-order valence-corrected chi connectivity index (χ4v) is 3.64. The lowest BCUT2D eigenvalue weighted by Gasteiger charge is -2.32. The van der Waals surface area contributed by atoms with Crippen LogP contribution in [0.1, 0.15) is 41.7 Å². The second-order valence-corrected chi connectivity index (χ2v) is 8.04. The first-order valence-electron chi connectivity index (χ1n) is 10.9. The zero-order chi connectivity index (χ0) is 25.6. The van der Waals surface area contributed by atoms with Crippen LogP contribution in [0.5, 0.6) is 0 Å². The number of benzene rings is 1. The summed E-state index contributed by atoms with van der Waals surface area (Å²) in [6.45, 7) is -0.863. The molecule has 13 heteroatoms. The Labute approximate surface area is 197 Å². The van der Waals surface area contributed by atoms with Crippen molar-refractivity contribution in [3.8, 4) is 5.69 Å². The maximum Gasteiger partial charge on any atom is 0.435 e. The van der Waals surface area contributed by atoms with E-state index in [1.807, 2.05) is 0 Å². The van der Waals surface area contributed by atoms with Crippen LogP contribution in [0, 0.1) is 0 Å². The largest absolute Gasteiger partial charge is 0.435 e. The van der Waals surface area contributed by atoms with Crippen LogP contribution in [-0.2, 0) is 15.7 Å². The minimum absolute atomic E-state index is 0.0315. The van der Waals surface area contributed by atoms with Crippen molar-refractivity contribution in [2.75, 3.05) is 26.2 Å². The van der Waals surface area contributed by atoms with E-state index in [1.165, 1.54) is 4.90 Å². The number of carbonyl (C=O) groups excluding carboxylic acids is 2. The van der Waals surface area contributed by atoms with E-state index >= 15 is 0 Å². The number of likely N-dealkylation sites (tertiary alicyclic amines) is 1. The van der Waals surface area contributed by atoms with Crippen LogP contribution in [0.2, 0.25) is 0 Å². The van der Waals surface area contributed by atoms with Crippen LogP contribution in [0.4, 0.5) is 26.3 Å². The van der Waals surface area contributed by atoms with Crippen molar-refractivity contribution in [2.24, 2.45) is 0 Å². The number of para-hydroxylation sites is 1. The summed E-state index contributed by atoms with van der Waals surface area (Å²) >= 11 is 0.